The minimum absolute atomic E-state index is 0.154. The Bertz CT molecular complexity index is 632. The van der Waals surface area contributed by atoms with Gasteiger partial charge in [0.25, 0.3) is 0 Å². The SMILES string of the molecule is O=C(O)c1cc2cc(CP(=O)(F)F)ccc2s1. The van der Waals surface area contributed by atoms with Crippen LogP contribution in [0.15, 0.2) is 24.3 Å². The predicted molar refractivity (Wildman–Crippen MR) is 62.3 cm³/mol. The van der Waals surface area contributed by atoms with Gasteiger partial charge < -0.3 is 5.11 Å². The summed E-state index contributed by atoms with van der Waals surface area (Å²) in [6, 6.07) is 5.88. The number of thiophene rings is 1. The van der Waals surface area contributed by atoms with Crippen LogP contribution in [-0.2, 0) is 10.7 Å². The summed E-state index contributed by atoms with van der Waals surface area (Å²) in [5, 5.41) is 9.37. The Hall–Kier alpha value is -1.26. The number of benzene rings is 1. The molecule has 2 aromatic rings. The molecule has 0 aliphatic heterocycles. The van der Waals surface area contributed by atoms with Crippen molar-refractivity contribution >= 4 is 35.2 Å². The molecule has 0 bridgehead atoms. The second-order valence-corrected chi connectivity index (χ2v) is 6.06. The maximum absolute atomic E-state index is 12.4. The summed E-state index contributed by atoms with van der Waals surface area (Å²) >= 11 is 1.08. The summed E-state index contributed by atoms with van der Waals surface area (Å²) in [6.45, 7) is 0. The van der Waals surface area contributed by atoms with Crippen molar-refractivity contribution in [2.24, 2.45) is 0 Å². The van der Waals surface area contributed by atoms with E-state index in [9.17, 15) is 17.8 Å². The van der Waals surface area contributed by atoms with Gasteiger partial charge in [-0.25, -0.2) is 9.36 Å². The minimum atomic E-state index is -5.09. The lowest BCUT2D eigenvalue weighted by Crippen LogP contribution is -1.89. The summed E-state index contributed by atoms with van der Waals surface area (Å²) in [7, 11) is -5.09. The molecule has 17 heavy (non-hydrogen) atoms. The quantitative estimate of drug-likeness (QED) is 0.853. The van der Waals surface area contributed by atoms with Crippen molar-refractivity contribution in [3.05, 3.63) is 34.7 Å². The molecule has 1 heterocycles. The molecule has 2 rings (SSSR count). The smallest absolute Gasteiger partial charge is 0.407 e. The molecule has 0 aliphatic rings. The van der Waals surface area contributed by atoms with Gasteiger partial charge in [0.1, 0.15) is 4.88 Å². The van der Waals surface area contributed by atoms with Gasteiger partial charge in [0.05, 0.1) is 6.16 Å². The molecule has 7 heteroatoms. The Labute approximate surface area is 99.3 Å². The minimum Gasteiger partial charge on any atom is -0.477 e. The van der Waals surface area contributed by atoms with Gasteiger partial charge >= 0.3 is 13.7 Å². The van der Waals surface area contributed by atoms with Gasteiger partial charge in [-0.3, -0.25) is 0 Å². The zero-order chi connectivity index (χ0) is 12.6. The van der Waals surface area contributed by atoms with E-state index < -0.39 is 19.9 Å². The Kier molecular flexibility index (Phi) is 3.02. The molecule has 90 valence electrons. The molecule has 3 nitrogen and oxygen atoms in total. The van der Waals surface area contributed by atoms with Crippen LogP contribution in [0.2, 0.25) is 0 Å². The van der Waals surface area contributed by atoms with Crippen LogP contribution in [0.4, 0.5) is 8.39 Å². The van der Waals surface area contributed by atoms with Gasteiger partial charge in [0, 0.05) is 4.70 Å². The fourth-order valence-corrected chi connectivity index (χ4v) is 3.01. The van der Waals surface area contributed by atoms with Crippen LogP contribution >= 0.6 is 19.1 Å². The largest absolute Gasteiger partial charge is 0.477 e. The molecule has 1 aromatic heterocycles. The van der Waals surface area contributed by atoms with Gasteiger partial charge in [-0.15, -0.1) is 11.3 Å². The maximum atomic E-state index is 12.4. The Balaban J connectivity index is 2.43. The number of carboxylic acids is 1. The third-order valence-electron chi connectivity index (χ3n) is 2.16. The van der Waals surface area contributed by atoms with E-state index in [1.807, 2.05) is 0 Å². The fourth-order valence-electron chi connectivity index (χ4n) is 1.51. The summed E-state index contributed by atoms with van der Waals surface area (Å²) < 4.78 is 35.9. The molecule has 1 N–H and O–H groups in total. The van der Waals surface area contributed by atoms with Crippen LogP contribution in [0.3, 0.4) is 0 Å². The van der Waals surface area contributed by atoms with Crippen molar-refractivity contribution in [3.63, 3.8) is 0 Å². The highest BCUT2D eigenvalue weighted by Crippen LogP contribution is 2.52. The highest BCUT2D eigenvalue weighted by molar-refractivity contribution is 7.52. The summed E-state index contributed by atoms with van der Waals surface area (Å²) in [5.41, 5.74) is 0.251. The van der Waals surface area contributed by atoms with Crippen molar-refractivity contribution in [1.82, 2.24) is 0 Å². The number of rotatable bonds is 3. The Morgan fingerprint density at radius 1 is 1.35 bits per heavy atom. The number of carbonyl (C=O) groups is 1. The molecule has 0 atom stereocenters. The summed E-state index contributed by atoms with van der Waals surface area (Å²) in [5.74, 6) is -1.05. The molecular formula is C10H7F2O3PS. The molecule has 0 unspecified atom stereocenters. The van der Waals surface area contributed by atoms with Gasteiger partial charge in [0.15, 0.2) is 0 Å². The molecule has 0 radical (unpaired) electrons. The van der Waals surface area contributed by atoms with E-state index in [2.05, 4.69) is 0 Å². The van der Waals surface area contributed by atoms with Gasteiger partial charge in [-0.1, -0.05) is 6.07 Å². The number of hydrogen-bond acceptors (Lipinski definition) is 3. The molecular weight excluding hydrogens is 269 g/mol. The van der Waals surface area contributed by atoms with Crippen LogP contribution in [0.25, 0.3) is 10.1 Å². The van der Waals surface area contributed by atoms with Crippen molar-refractivity contribution < 1.29 is 22.9 Å². The summed E-state index contributed by atoms with van der Waals surface area (Å²) in [6.07, 6.45) is -0.777. The molecule has 0 saturated carbocycles. The van der Waals surface area contributed by atoms with E-state index in [0.717, 1.165) is 11.3 Å². The fraction of sp³-hybridized carbons (Fsp3) is 0.100. The van der Waals surface area contributed by atoms with Crippen LogP contribution in [-0.4, -0.2) is 11.1 Å². The van der Waals surface area contributed by atoms with Crippen molar-refractivity contribution in [2.45, 2.75) is 6.16 Å². The molecule has 0 saturated heterocycles. The lowest BCUT2D eigenvalue weighted by Gasteiger charge is -1.99. The Morgan fingerprint density at radius 2 is 2.06 bits per heavy atom. The topological polar surface area (TPSA) is 54.4 Å². The second-order valence-electron chi connectivity index (χ2n) is 3.52. The first-order valence-corrected chi connectivity index (χ1v) is 7.08. The number of halogens is 2. The average molecular weight is 276 g/mol. The van der Waals surface area contributed by atoms with Crippen molar-refractivity contribution in [3.8, 4) is 0 Å². The monoisotopic (exact) mass is 276 g/mol. The summed E-state index contributed by atoms with van der Waals surface area (Å²) in [4.78, 5) is 10.9. The van der Waals surface area contributed by atoms with E-state index in [1.165, 1.54) is 18.2 Å². The van der Waals surface area contributed by atoms with Crippen molar-refractivity contribution in [1.29, 1.82) is 0 Å². The van der Waals surface area contributed by atoms with Crippen LogP contribution in [0.1, 0.15) is 15.2 Å². The van der Waals surface area contributed by atoms with E-state index in [4.69, 9.17) is 5.11 Å². The molecule has 0 fully saturated rings. The van der Waals surface area contributed by atoms with Gasteiger partial charge in [-0.2, -0.15) is 8.39 Å². The lowest BCUT2D eigenvalue weighted by molar-refractivity contribution is 0.0702. The van der Waals surface area contributed by atoms with E-state index in [1.54, 1.807) is 6.07 Å². The van der Waals surface area contributed by atoms with E-state index in [-0.39, 0.29) is 10.4 Å². The first-order valence-electron chi connectivity index (χ1n) is 4.59. The maximum Gasteiger partial charge on any atom is 0.407 e. The highest BCUT2D eigenvalue weighted by atomic mass is 32.1. The standard InChI is InChI=1S/C10H7F2O3PS/c11-16(12,15)5-6-1-2-8-7(3-6)4-9(17-8)10(13)14/h1-4H,5H2,(H,13,14). The average Bonchev–Trinajstić information content (AvgIpc) is 2.57. The third kappa shape index (κ3) is 2.90. The van der Waals surface area contributed by atoms with Gasteiger partial charge in [-0.05, 0) is 29.1 Å². The van der Waals surface area contributed by atoms with Crippen LogP contribution in [0, 0.1) is 0 Å². The molecule has 0 aliphatic carbocycles. The molecule has 0 amide bonds. The van der Waals surface area contributed by atoms with E-state index in [0.29, 0.717) is 10.1 Å². The Morgan fingerprint density at radius 3 is 2.65 bits per heavy atom. The normalized spacial score (nSPS) is 11.9. The number of aromatic carboxylic acids is 1. The third-order valence-corrected chi connectivity index (χ3v) is 4.00. The van der Waals surface area contributed by atoms with Crippen molar-refractivity contribution in [2.75, 3.05) is 0 Å². The number of carboxylic acid groups (broad SMARTS) is 1. The number of hydrogen-bond donors (Lipinski definition) is 1. The lowest BCUT2D eigenvalue weighted by atomic mass is 10.2. The zero-order valence-corrected chi connectivity index (χ0v) is 10.1. The molecule has 1 aromatic carbocycles. The zero-order valence-electron chi connectivity index (χ0n) is 8.39. The van der Waals surface area contributed by atoms with Crippen LogP contribution < -0.4 is 0 Å². The predicted octanol–water partition coefficient (Wildman–Crippen LogP) is 4.23. The first kappa shape index (κ1) is 12.2. The second kappa shape index (κ2) is 4.20. The first-order chi connectivity index (χ1) is 7.85. The molecule has 0 spiro atoms. The van der Waals surface area contributed by atoms with Crippen LogP contribution in [0.5, 0.6) is 0 Å². The highest BCUT2D eigenvalue weighted by Gasteiger charge is 2.20. The van der Waals surface area contributed by atoms with E-state index >= 15 is 0 Å². The van der Waals surface area contributed by atoms with Gasteiger partial charge in [0.2, 0.25) is 0 Å². The number of fused-ring (bicyclic) bond motifs is 1.